The van der Waals surface area contributed by atoms with E-state index in [-0.39, 0.29) is 17.8 Å². The van der Waals surface area contributed by atoms with E-state index in [2.05, 4.69) is 15.2 Å². The summed E-state index contributed by atoms with van der Waals surface area (Å²) in [5.74, 6) is 0. The second-order valence-electron chi connectivity index (χ2n) is 4.59. The minimum absolute atomic E-state index is 0.0466. The van der Waals surface area contributed by atoms with E-state index in [1.165, 1.54) is 11.8 Å². The van der Waals surface area contributed by atoms with Crippen LogP contribution in [-0.2, 0) is 0 Å². The average molecular weight is 279 g/mol. The quantitative estimate of drug-likeness (QED) is 0.889. The Hall–Kier alpha value is -1.60. The van der Waals surface area contributed by atoms with Crippen LogP contribution in [0.25, 0.3) is 0 Å². The van der Waals surface area contributed by atoms with Gasteiger partial charge in [0.1, 0.15) is 5.03 Å². The smallest absolute Gasteiger partial charge is 0.324 e. The van der Waals surface area contributed by atoms with Crippen LogP contribution in [-0.4, -0.2) is 19.7 Å². The number of hydrogen-bond acceptors (Lipinski definition) is 5. The highest BCUT2D eigenvalue weighted by Crippen LogP contribution is 2.26. The largest absolute Gasteiger partial charge is 0.344 e. The first-order chi connectivity index (χ1) is 8.99. The van der Waals surface area contributed by atoms with Crippen LogP contribution in [0.4, 0.5) is 0 Å². The molecule has 2 heterocycles. The molecule has 0 spiro atoms. The number of nitrogens with zero attached hydrogens (tertiary/aromatic N) is 3. The minimum Gasteiger partial charge on any atom is -0.324 e. The van der Waals surface area contributed by atoms with Gasteiger partial charge in [0.15, 0.2) is 5.16 Å². The molecule has 0 amide bonds. The van der Waals surface area contributed by atoms with Crippen molar-refractivity contribution in [3.63, 3.8) is 0 Å². The van der Waals surface area contributed by atoms with E-state index in [9.17, 15) is 4.79 Å². The zero-order chi connectivity index (χ0) is 14.0. The van der Waals surface area contributed by atoms with Gasteiger partial charge in [-0.15, -0.1) is 5.10 Å². The Bertz CT molecular complexity index is 617. The third kappa shape index (κ3) is 3.05. The Morgan fingerprint density at radius 3 is 2.79 bits per heavy atom. The van der Waals surface area contributed by atoms with Gasteiger partial charge in [0.05, 0.1) is 0 Å². The van der Waals surface area contributed by atoms with Crippen molar-refractivity contribution in [1.82, 2.24) is 19.7 Å². The molecule has 0 saturated carbocycles. The van der Waals surface area contributed by atoms with E-state index in [4.69, 9.17) is 5.73 Å². The maximum absolute atomic E-state index is 11.6. The fraction of sp³-hybridized carbons (Fsp3) is 0.417. The SMILES string of the molecule is CC(N)c1ccnc(Sc2n[nH]c(=O)n2C(C)C)c1. The molecule has 0 aliphatic heterocycles. The third-order valence-corrected chi connectivity index (χ3v) is 3.57. The molecule has 1 unspecified atom stereocenters. The Morgan fingerprint density at radius 2 is 2.16 bits per heavy atom. The van der Waals surface area contributed by atoms with Gasteiger partial charge < -0.3 is 5.73 Å². The first-order valence-electron chi connectivity index (χ1n) is 6.05. The van der Waals surface area contributed by atoms with Crippen LogP contribution in [0.1, 0.15) is 38.4 Å². The molecule has 6 nitrogen and oxygen atoms in total. The zero-order valence-corrected chi connectivity index (χ0v) is 11.9. The molecule has 0 bridgehead atoms. The molecule has 2 aromatic heterocycles. The molecule has 3 N–H and O–H groups in total. The van der Waals surface area contributed by atoms with Crippen molar-refractivity contribution < 1.29 is 0 Å². The number of H-pyrrole nitrogens is 1. The summed E-state index contributed by atoms with van der Waals surface area (Å²) in [5.41, 5.74) is 6.64. The third-order valence-electron chi connectivity index (χ3n) is 2.67. The number of aromatic amines is 1. The normalized spacial score (nSPS) is 12.9. The lowest BCUT2D eigenvalue weighted by molar-refractivity contribution is 0.534. The monoisotopic (exact) mass is 279 g/mol. The Labute approximate surface area is 115 Å². The number of hydrogen-bond donors (Lipinski definition) is 2. The topological polar surface area (TPSA) is 89.6 Å². The molecule has 1 atom stereocenters. The van der Waals surface area contributed by atoms with Gasteiger partial charge in [0.25, 0.3) is 0 Å². The Morgan fingerprint density at radius 1 is 1.42 bits per heavy atom. The summed E-state index contributed by atoms with van der Waals surface area (Å²) in [6.07, 6.45) is 1.71. The van der Waals surface area contributed by atoms with Gasteiger partial charge in [0.2, 0.25) is 0 Å². The van der Waals surface area contributed by atoms with Crippen LogP contribution < -0.4 is 11.4 Å². The van der Waals surface area contributed by atoms with Crippen molar-refractivity contribution >= 4 is 11.8 Å². The summed E-state index contributed by atoms with van der Waals surface area (Å²) in [5, 5.41) is 7.86. The molecular formula is C12H17N5OS. The van der Waals surface area contributed by atoms with Crippen LogP contribution in [0.5, 0.6) is 0 Å². The van der Waals surface area contributed by atoms with Gasteiger partial charge in [-0.1, -0.05) is 0 Å². The molecular weight excluding hydrogens is 262 g/mol. The van der Waals surface area contributed by atoms with Gasteiger partial charge in [-0.05, 0) is 50.2 Å². The molecule has 0 fully saturated rings. The standard InChI is InChI=1S/C12H17N5OS/c1-7(2)17-11(18)15-16-12(17)19-10-6-9(8(3)13)4-5-14-10/h4-8H,13H2,1-3H3,(H,15,18). The number of rotatable bonds is 4. The van der Waals surface area contributed by atoms with Crippen molar-refractivity contribution in [2.45, 2.75) is 43.0 Å². The van der Waals surface area contributed by atoms with Crippen LogP contribution >= 0.6 is 11.8 Å². The lowest BCUT2D eigenvalue weighted by atomic mass is 10.1. The first-order valence-corrected chi connectivity index (χ1v) is 6.87. The fourth-order valence-corrected chi connectivity index (χ4v) is 2.65. The Kier molecular flexibility index (Phi) is 4.06. The molecule has 0 radical (unpaired) electrons. The van der Waals surface area contributed by atoms with Gasteiger partial charge in [0, 0.05) is 18.3 Å². The number of pyridine rings is 1. The van der Waals surface area contributed by atoms with Gasteiger partial charge in [-0.2, -0.15) is 0 Å². The molecule has 0 aliphatic rings. The van der Waals surface area contributed by atoms with E-state index in [0.29, 0.717) is 5.16 Å². The van der Waals surface area contributed by atoms with Crippen molar-refractivity contribution in [3.8, 4) is 0 Å². The van der Waals surface area contributed by atoms with E-state index in [0.717, 1.165) is 10.6 Å². The molecule has 2 aromatic rings. The molecule has 0 aliphatic carbocycles. The van der Waals surface area contributed by atoms with Gasteiger partial charge >= 0.3 is 5.69 Å². The van der Waals surface area contributed by atoms with Crippen molar-refractivity contribution in [3.05, 3.63) is 34.4 Å². The summed E-state index contributed by atoms with van der Waals surface area (Å²) in [4.78, 5) is 15.9. The second kappa shape index (κ2) is 5.58. The van der Waals surface area contributed by atoms with Crippen LogP contribution in [0, 0.1) is 0 Å². The molecule has 19 heavy (non-hydrogen) atoms. The highest BCUT2D eigenvalue weighted by atomic mass is 32.2. The maximum Gasteiger partial charge on any atom is 0.344 e. The molecule has 102 valence electrons. The van der Waals surface area contributed by atoms with E-state index < -0.39 is 0 Å². The predicted molar refractivity (Wildman–Crippen MR) is 74.2 cm³/mol. The van der Waals surface area contributed by atoms with Gasteiger partial charge in [-0.25, -0.2) is 14.9 Å². The number of nitrogens with one attached hydrogen (secondary N) is 1. The molecule has 0 saturated heterocycles. The van der Waals surface area contributed by atoms with E-state index in [1.807, 2.05) is 32.9 Å². The van der Waals surface area contributed by atoms with E-state index in [1.54, 1.807) is 10.8 Å². The number of nitrogens with two attached hydrogens (primary N) is 1. The summed E-state index contributed by atoms with van der Waals surface area (Å²) in [6, 6.07) is 3.80. The Balaban J connectivity index is 2.31. The molecule has 7 heteroatoms. The predicted octanol–water partition coefficient (Wildman–Crippen LogP) is 1.72. The second-order valence-corrected chi connectivity index (χ2v) is 5.58. The number of aromatic nitrogens is 4. The molecule has 2 rings (SSSR count). The van der Waals surface area contributed by atoms with Crippen molar-refractivity contribution in [1.29, 1.82) is 0 Å². The summed E-state index contributed by atoms with van der Waals surface area (Å²) in [6.45, 7) is 5.79. The molecule has 0 aromatic carbocycles. The van der Waals surface area contributed by atoms with Crippen molar-refractivity contribution in [2.75, 3.05) is 0 Å². The van der Waals surface area contributed by atoms with Gasteiger partial charge in [-0.3, -0.25) is 4.57 Å². The maximum atomic E-state index is 11.6. The zero-order valence-electron chi connectivity index (χ0n) is 11.1. The fourth-order valence-electron chi connectivity index (χ4n) is 1.67. The average Bonchev–Trinajstić information content (AvgIpc) is 2.70. The lowest BCUT2D eigenvalue weighted by Crippen LogP contribution is -2.19. The van der Waals surface area contributed by atoms with Crippen LogP contribution in [0.15, 0.2) is 33.3 Å². The highest BCUT2D eigenvalue weighted by molar-refractivity contribution is 7.99. The summed E-state index contributed by atoms with van der Waals surface area (Å²) >= 11 is 1.35. The summed E-state index contributed by atoms with van der Waals surface area (Å²) < 4.78 is 1.60. The highest BCUT2D eigenvalue weighted by Gasteiger charge is 2.13. The first kappa shape index (κ1) is 13.8. The van der Waals surface area contributed by atoms with Crippen LogP contribution in [0.2, 0.25) is 0 Å². The minimum atomic E-state index is -0.208. The van der Waals surface area contributed by atoms with Crippen LogP contribution in [0.3, 0.4) is 0 Å². The van der Waals surface area contributed by atoms with Crippen molar-refractivity contribution in [2.24, 2.45) is 5.73 Å². The van der Waals surface area contributed by atoms with E-state index >= 15 is 0 Å². The lowest BCUT2D eigenvalue weighted by Gasteiger charge is -2.09. The summed E-state index contributed by atoms with van der Waals surface area (Å²) in [7, 11) is 0.